The predicted octanol–water partition coefficient (Wildman–Crippen LogP) is 2.10. The van der Waals surface area contributed by atoms with Crippen molar-refractivity contribution >= 4 is 21.6 Å². The van der Waals surface area contributed by atoms with Gasteiger partial charge in [0.05, 0.1) is 11.3 Å². The van der Waals surface area contributed by atoms with Crippen LogP contribution >= 0.6 is 11.6 Å². The average molecular weight is 364 g/mol. The molecule has 1 aromatic heterocycles. The van der Waals surface area contributed by atoms with Crippen molar-refractivity contribution in [2.75, 3.05) is 6.61 Å². The third-order valence-electron chi connectivity index (χ3n) is 2.71. The van der Waals surface area contributed by atoms with E-state index in [1.54, 1.807) is 6.92 Å². The summed E-state index contributed by atoms with van der Waals surface area (Å²) < 4.78 is 61.4. The van der Waals surface area contributed by atoms with Gasteiger partial charge in [-0.05, 0) is 13.0 Å². The van der Waals surface area contributed by atoms with Crippen LogP contribution < -0.4 is 5.49 Å². The summed E-state index contributed by atoms with van der Waals surface area (Å²) in [6.07, 6.45) is 2.64. The zero-order chi connectivity index (χ0) is 17.0. The largest absolute Gasteiger partial charge is 0.361 e. The summed E-state index contributed by atoms with van der Waals surface area (Å²) in [5.74, 6) is -2.33. The SMILES string of the molecule is CCOCn1cncc/c1=N\S(=O)(=O)c1cc(Cl)c(F)cc1F. The third kappa shape index (κ3) is 4.12. The molecule has 2 aromatic rings. The highest BCUT2D eigenvalue weighted by Gasteiger charge is 2.21. The molecule has 0 aliphatic heterocycles. The lowest BCUT2D eigenvalue weighted by molar-refractivity contribution is 0.0841. The normalized spacial score (nSPS) is 12.6. The van der Waals surface area contributed by atoms with Crippen molar-refractivity contribution in [1.82, 2.24) is 9.55 Å². The molecule has 0 aliphatic carbocycles. The lowest BCUT2D eigenvalue weighted by atomic mass is 10.3. The number of halogens is 3. The number of sulfonamides is 1. The van der Waals surface area contributed by atoms with Crippen LogP contribution in [-0.4, -0.2) is 24.6 Å². The van der Waals surface area contributed by atoms with Crippen molar-refractivity contribution in [3.63, 3.8) is 0 Å². The summed E-state index contributed by atoms with van der Waals surface area (Å²) in [4.78, 5) is 3.01. The van der Waals surface area contributed by atoms with Crippen LogP contribution in [0.5, 0.6) is 0 Å². The van der Waals surface area contributed by atoms with Gasteiger partial charge in [-0.2, -0.15) is 8.42 Å². The van der Waals surface area contributed by atoms with Gasteiger partial charge in [0.15, 0.2) is 5.49 Å². The predicted molar refractivity (Wildman–Crippen MR) is 78.0 cm³/mol. The Kier molecular flexibility index (Phi) is 5.45. The van der Waals surface area contributed by atoms with E-state index in [0.29, 0.717) is 18.7 Å². The van der Waals surface area contributed by atoms with E-state index in [9.17, 15) is 17.2 Å². The molecule has 0 spiro atoms. The summed E-state index contributed by atoms with van der Waals surface area (Å²) >= 11 is 5.51. The molecule has 0 unspecified atom stereocenters. The molecule has 0 saturated heterocycles. The molecule has 0 fully saturated rings. The summed E-state index contributed by atoms with van der Waals surface area (Å²) in [6, 6.07) is 2.39. The lowest BCUT2D eigenvalue weighted by Gasteiger charge is -2.07. The van der Waals surface area contributed by atoms with E-state index < -0.39 is 31.6 Å². The fourth-order valence-corrected chi connectivity index (χ4v) is 2.94. The molecule has 0 aliphatic rings. The first-order valence-electron chi connectivity index (χ1n) is 6.39. The molecule has 1 heterocycles. The second-order valence-electron chi connectivity index (χ2n) is 4.29. The Balaban J connectivity index is 2.56. The Labute approximate surface area is 136 Å². The van der Waals surface area contributed by atoms with Crippen molar-refractivity contribution in [3.05, 3.63) is 52.9 Å². The molecule has 1 aromatic carbocycles. The summed E-state index contributed by atoms with van der Waals surface area (Å²) in [5.41, 5.74) is -0.0201. The van der Waals surface area contributed by atoms with Gasteiger partial charge < -0.3 is 4.74 Å². The van der Waals surface area contributed by atoms with E-state index in [-0.39, 0.29) is 12.2 Å². The fraction of sp³-hybridized carbons (Fsp3) is 0.231. The van der Waals surface area contributed by atoms with Crippen LogP contribution in [-0.2, 0) is 21.5 Å². The maximum atomic E-state index is 13.8. The monoisotopic (exact) mass is 363 g/mol. The number of hydrogen-bond acceptors (Lipinski definition) is 4. The summed E-state index contributed by atoms with van der Waals surface area (Å²) in [5, 5.41) is -0.517. The number of hydrogen-bond donors (Lipinski definition) is 0. The van der Waals surface area contributed by atoms with Gasteiger partial charge in [-0.15, -0.1) is 4.40 Å². The zero-order valence-electron chi connectivity index (χ0n) is 11.9. The maximum Gasteiger partial charge on any atom is 0.287 e. The van der Waals surface area contributed by atoms with Gasteiger partial charge >= 0.3 is 0 Å². The number of nitrogens with zero attached hydrogens (tertiary/aromatic N) is 3. The Morgan fingerprint density at radius 2 is 2.09 bits per heavy atom. The van der Waals surface area contributed by atoms with Crippen molar-refractivity contribution in [2.24, 2.45) is 4.40 Å². The molecular weight excluding hydrogens is 352 g/mol. The van der Waals surface area contributed by atoms with E-state index in [2.05, 4.69) is 9.38 Å². The van der Waals surface area contributed by atoms with Crippen molar-refractivity contribution in [3.8, 4) is 0 Å². The molecule has 6 nitrogen and oxygen atoms in total. The van der Waals surface area contributed by atoms with Crippen LogP contribution in [0.2, 0.25) is 5.02 Å². The second-order valence-corrected chi connectivity index (χ2v) is 6.27. The van der Waals surface area contributed by atoms with Crippen LogP contribution in [0.25, 0.3) is 0 Å². The quantitative estimate of drug-likeness (QED) is 0.762. The van der Waals surface area contributed by atoms with Crippen molar-refractivity contribution < 1.29 is 21.9 Å². The Morgan fingerprint density at radius 3 is 2.78 bits per heavy atom. The molecule has 0 saturated carbocycles. The molecule has 10 heteroatoms. The molecule has 0 N–H and O–H groups in total. The Morgan fingerprint density at radius 1 is 1.35 bits per heavy atom. The first kappa shape index (κ1) is 17.5. The van der Waals surface area contributed by atoms with Crippen LogP contribution in [0, 0.1) is 11.6 Å². The molecule has 0 radical (unpaired) electrons. The number of rotatable bonds is 5. The van der Waals surface area contributed by atoms with Crippen molar-refractivity contribution in [1.29, 1.82) is 0 Å². The first-order valence-corrected chi connectivity index (χ1v) is 8.20. The van der Waals surface area contributed by atoms with E-state index in [0.717, 1.165) is 0 Å². The van der Waals surface area contributed by atoms with Crippen LogP contribution in [0.15, 0.2) is 40.0 Å². The minimum absolute atomic E-state index is 0.0192. The van der Waals surface area contributed by atoms with Gasteiger partial charge in [0.1, 0.15) is 23.3 Å². The lowest BCUT2D eigenvalue weighted by Crippen LogP contribution is -2.23. The Hall–Kier alpha value is -1.84. The average Bonchev–Trinajstić information content (AvgIpc) is 2.49. The van der Waals surface area contributed by atoms with Crippen molar-refractivity contribution in [2.45, 2.75) is 18.6 Å². The number of ether oxygens (including phenoxy) is 1. The number of aromatic nitrogens is 2. The molecule has 0 atom stereocenters. The van der Waals surface area contributed by atoms with E-state index in [1.165, 1.54) is 23.2 Å². The summed E-state index contributed by atoms with van der Waals surface area (Å²) in [7, 11) is -4.44. The highest BCUT2D eigenvalue weighted by Crippen LogP contribution is 2.24. The van der Waals surface area contributed by atoms with Crippen LogP contribution in [0.3, 0.4) is 0 Å². The molecule has 0 amide bonds. The third-order valence-corrected chi connectivity index (χ3v) is 4.30. The minimum Gasteiger partial charge on any atom is -0.361 e. The van der Waals surface area contributed by atoms with Gasteiger partial charge in [0.25, 0.3) is 10.0 Å². The standard InChI is InChI=1S/C13H12ClF2N3O3S/c1-2-22-8-19-7-17-4-3-13(19)18-23(20,21)12-5-9(14)10(15)6-11(12)16/h3-7H,2,8H2,1H3/b18-13+. The molecule has 0 bridgehead atoms. The first-order chi connectivity index (χ1) is 10.8. The van der Waals surface area contributed by atoms with Gasteiger partial charge in [-0.3, -0.25) is 4.57 Å². The smallest absolute Gasteiger partial charge is 0.287 e. The topological polar surface area (TPSA) is 73.5 Å². The highest BCUT2D eigenvalue weighted by molar-refractivity contribution is 7.90. The number of benzene rings is 1. The van der Waals surface area contributed by atoms with Crippen LogP contribution in [0.1, 0.15) is 6.92 Å². The summed E-state index contributed by atoms with van der Waals surface area (Å²) in [6.45, 7) is 2.18. The van der Waals surface area contributed by atoms with Gasteiger partial charge in [-0.25, -0.2) is 13.8 Å². The van der Waals surface area contributed by atoms with Gasteiger partial charge in [0.2, 0.25) is 0 Å². The fourth-order valence-electron chi connectivity index (χ4n) is 1.63. The van der Waals surface area contributed by atoms with E-state index >= 15 is 0 Å². The maximum absolute atomic E-state index is 13.8. The van der Waals surface area contributed by atoms with E-state index in [4.69, 9.17) is 16.3 Å². The molecule has 2 rings (SSSR count). The Bertz CT molecular complexity index is 884. The molecule has 23 heavy (non-hydrogen) atoms. The van der Waals surface area contributed by atoms with Gasteiger partial charge in [0, 0.05) is 24.9 Å². The van der Waals surface area contributed by atoms with E-state index in [1.807, 2.05) is 0 Å². The second kappa shape index (κ2) is 7.16. The van der Waals surface area contributed by atoms with Crippen LogP contribution in [0.4, 0.5) is 8.78 Å². The molecule has 124 valence electrons. The minimum atomic E-state index is -4.44. The zero-order valence-corrected chi connectivity index (χ0v) is 13.5. The van der Waals surface area contributed by atoms with Gasteiger partial charge in [-0.1, -0.05) is 11.6 Å². The molecular formula is C13H12ClF2N3O3S. The highest BCUT2D eigenvalue weighted by atomic mass is 35.5.